The van der Waals surface area contributed by atoms with Gasteiger partial charge in [-0.05, 0) is 48.7 Å². The maximum atomic E-state index is 13.1. The van der Waals surface area contributed by atoms with Crippen molar-refractivity contribution in [2.45, 2.75) is 24.4 Å². The summed E-state index contributed by atoms with van der Waals surface area (Å²) in [4.78, 5) is 2.16. The average Bonchev–Trinajstić information content (AvgIpc) is 3.17. The number of nitrogens with zero attached hydrogens (tertiary/aromatic N) is 1. The normalized spacial score (nSPS) is 19.6. The quantitative estimate of drug-likeness (QED) is 0.517. The summed E-state index contributed by atoms with van der Waals surface area (Å²) in [6.45, 7) is 0.760. The maximum Gasteiger partial charge on any atom is 0.534 e. The third-order valence-electron chi connectivity index (χ3n) is 5.96. The van der Waals surface area contributed by atoms with E-state index in [0.717, 1.165) is 17.7 Å². The smallest absolute Gasteiger partial charge is 0.493 e. The van der Waals surface area contributed by atoms with Crippen LogP contribution in [0, 0.1) is 0 Å². The number of benzene rings is 2. The van der Waals surface area contributed by atoms with Crippen molar-refractivity contribution >= 4 is 10.1 Å². The van der Waals surface area contributed by atoms with Gasteiger partial charge in [-0.15, -0.1) is 0 Å². The number of hydrogen-bond acceptors (Lipinski definition) is 7. The topological polar surface area (TPSA) is 74.3 Å². The second-order valence-electron chi connectivity index (χ2n) is 7.62. The number of alkyl halides is 3. The van der Waals surface area contributed by atoms with Crippen molar-refractivity contribution in [2.75, 3.05) is 27.5 Å². The Hall–Kier alpha value is -2.66. The highest BCUT2D eigenvalue weighted by molar-refractivity contribution is 7.88. The Bertz CT molecular complexity index is 1190. The Morgan fingerprint density at radius 1 is 1.16 bits per heavy atom. The molecule has 0 aromatic heterocycles. The Kier molecular flexibility index (Phi) is 4.36. The highest BCUT2D eigenvalue weighted by atomic mass is 32.2. The molecule has 1 atom stereocenters. The molecule has 0 spiro atoms. The van der Waals surface area contributed by atoms with Crippen LogP contribution in [0.4, 0.5) is 13.2 Å². The number of fused-ring (bicyclic) bond motifs is 4. The fourth-order valence-corrected chi connectivity index (χ4v) is 5.01. The first kappa shape index (κ1) is 20.3. The van der Waals surface area contributed by atoms with Gasteiger partial charge in [-0.1, -0.05) is 6.07 Å². The number of likely N-dealkylation sites (N-methyl/N-ethyl adjacent to an activating group) is 1. The lowest BCUT2D eigenvalue weighted by molar-refractivity contribution is -0.0500. The molecule has 0 unspecified atom stereocenters. The summed E-state index contributed by atoms with van der Waals surface area (Å²) in [6.07, 6.45) is 1.18. The van der Waals surface area contributed by atoms with Gasteiger partial charge in [-0.25, -0.2) is 0 Å². The van der Waals surface area contributed by atoms with E-state index in [1.807, 2.05) is 13.1 Å². The molecule has 166 valence electrons. The fourth-order valence-electron chi connectivity index (χ4n) is 4.53. The zero-order valence-electron chi connectivity index (χ0n) is 16.6. The first-order chi connectivity index (χ1) is 14.6. The van der Waals surface area contributed by atoms with Crippen molar-refractivity contribution in [1.82, 2.24) is 4.90 Å². The van der Waals surface area contributed by atoms with E-state index in [2.05, 4.69) is 9.08 Å². The van der Waals surface area contributed by atoms with Gasteiger partial charge in [-0.3, -0.25) is 4.90 Å². The summed E-state index contributed by atoms with van der Waals surface area (Å²) in [6, 6.07) is 4.97. The van der Waals surface area contributed by atoms with Crippen LogP contribution in [0.3, 0.4) is 0 Å². The first-order valence-corrected chi connectivity index (χ1v) is 10.9. The van der Waals surface area contributed by atoms with E-state index in [1.54, 1.807) is 6.07 Å². The lowest BCUT2D eigenvalue weighted by Gasteiger charge is -2.40. The number of hydrogen-bond donors (Lipinski definition) is 0. The Morgan fingerprint density at radius 3 is 2.65 bits per heavy atom. The van der Waals surface area contributed by atoms with Gasteiger partial charge >= 0.3 is 15.6 Å². The molecule has 2 aromatic rings. The van der Waals surface area contributed by atoms with E-state index in [0.29, 0.717) is 35.5 Å². The van der Waals surface area contributed by atoms with Crippen LogP contribution in [-0.2, 0) is 23.0 Å². The van der Waals surface area contributed by atoms with Gasteiger partial charge in [0.1, 0.15) is 0 Å². The predicted molar refractivity (Wildman–Crippen MR) is 103 cm³/mol. The second-order valence-corrected chi connectivity index (χ2v) is 9.16. The minimum Gasteiger partial charge on any atom is -0.493 e. The molecule has 0 bridgehead atoms. The highest BCUT2D eigenvalue weighted by Gasteiger charge is 2.50. The van der Waals surface area contributed by atoms with Crippen LogP contribution in [0.25, 0.3) is 11.1 Å². The summed E-state index contributed by atoms with van der Waals surface area (Å²) in [7, 11) is -2.71. The Balaban J connectivity index is 1.82. The zero-order valence-corrected chi connectivity index (χ0v) is 17.4. The molecule has 2 aromatic carbocycles. The summed E-state index contributed by atoms with van der Waals surface area (Å²) in [5.41, 5.74) is -2.37. The number of ether oxygens (including phenoxy) is 3. The van der Waals surface area contributed by atoms with E-state index in [1.165, 1.54) is 13.2 Å². The molecule has 7 nitrogen and oxygen atoms in total. The van der Waals surface area contributed by atoms with Crippen LogP contribution in [0.1, 0.15) is 22.7 Å². The summed E-state index contributed by atoms with van der Waals surface area (Å²) < 4.78 is 84.3. The molecule has 0 saturated carbocycles. The minimum atomic E-state index is -5.92. The first-order valence-electron chi connectivity index (χ1n) is 9.49. The van der Waals surface area contributed by atoms with Crippen molar-refractivity contribution in [3.05, 3.63) is 34.9 Å². The van der Waals surface area contributed by atoms with Crippen molar-refractivity contribution in [3.63, 3.8) is 0 Å². The van der Waals surface area contributed by atoms with Gasteiger partial charge in [0.2, 0.25) is 6.79 Å². The molecule has 2 heterocycles. The van der Waals surface area contributed by atoms with Gasteiger partial charge in [0.15, 0.2) is 23.0 Å². The van der Waals surface area contributed by atoms with Crippen LogP contribution in [0.2, 0.25) is 0 Å². The minimum absolute atomic E-state index is 0.0396. The zero-order chi connectivity index (χ0) is 22.1. The van der Waals surface area contributed by atoms with Crippen LogP contribution >= 0.6 is 0 Å². The van der Waals surface area contributed by atoms with Gasteiger partial charge in [0, 0.05) is 23.7 Å². The van der Waals surface area contributed by atoms with E-state index in [-0.39, 0.29) is 24.1 Å². The third kappa shape index (κ3) is 2.93. The molecular formula is C20H18F3NO6S. The molecule has 0 amide bonds. The molecule has 11 heteroatoms. The monoisotopic (exact) mass is 457 g/mol. The maximum absolute atomic E-state index is 13.1. The van der Waals surface area contributed by atoms with Crippen LogP contribution in [-0.4, -0.2) is 46.3 Å². The van der Waals surface area contributed by atoms with Crippen LogP contribution in [0.15, 0.2) is 18.2 Å². The number of halogens is 3. The number of methoxy groups -OCH3 is 1. The molecule has 0 N–H and O–H groups in total. The van der Waals surface area contributed by atoms with E-state index in [4.69, 9.17) is 14.2 Å². The Morgan fingerprint density at radius 2 is 1.94 bits per heavy atom. The van der Waals surface area contributed by atoms with Crippen molar-refractivity contribution in [2.24, 2.45) is 0 Å². The summed E-state index contributed by atoms with van der Waals surface area (Å²) in [5.74, 6) is 0.203. The van der Waals surface area contributed by atoms with Gasteiger partial charge in [0.05, 0.1) is 7.11 Å². The van der Waals surface area contributed by atoms with Crippen molar-refractivity contribution < 1.29 is 40.0 Å². The Labute approximate surface area is 176 Å². The molecule has 0 saturated heterocycles. The summed E-state index contributed by atoms with van der Waals surface area (Å²) in [5, 5.41) is 0. The summed E-state index contributed by atoms with van der Waals surface area (Å²) >= 11 is 0. The molecule has 1 aliphatic carbocycles. The lowest BCUT2D eigenvalue weighted by Crippen LogP contribution is -2.36. The SMILES string of the molecule is COc1ccc2c(c1OS(=O)(=O)C(F)(F)F)-c1c3c(cc4c1[C@H](C2)N(C)CC4)OCO3. The molecular weight excluding hydrogens is 439 g/mol. The fraction of sp³-hybridized carbons (Fsp3) is 0.400. The van der Waals surface area contributed by atoms with E-state index >= 15 is 0 Å². The van der Waals surface area contributed by atoms with E-state index in [9.17, 15) is 21.6 Å². The second kappa shape index (κ2) is 6.67. The van der Waals surface area contributed by atoms with E-state index < -0.39 is 21.4 Å². The van der Waals surface area contributed by atoms with Crippen LogP contribution < -0.4 is 18.4 Å². The van der Waals surface area contributed by atoms with Gasteiger partial charge in [0.25, 0.3) is 0 Å². The van der Waals surface area contributed by atoms with Crippen molar-refractivity contribution in [3.8, 4) is 34.1 Å². The molecule has 5 rings (SSSR count). The highest BCUT2D eigenvalue weighted by Crippen LogP contribution is 2.57. The number of rotatable bonds is 3. The molecule has 31 heavy (non-hydrogen) atoms. The largest absolute Gasteiger partial charge is 0.534 e. The van der Waals surface area contributed by atoms with Crippen molar-refractivity contribution in [1.29, 1.82) is 0 Å². The molecule has 0 radical (unpaired) electrons. The lowest BCUT2D eigenvalue weighted by atomic mass is 9.76. The average molecular weight is 457 g/mol. The van der Waals surface area contributed by atoms with Crippen LogP contribution in [0.5, 0.6) is 23.0 Å². The van der Waals surface area contributed by atoms with Gasteiger partial charge in [-0.2, -0.15) is 21.6 Å². The molecule has 3 aliphatic rings. The standard InChI is InChI=1S/C20H18F3NO6S/c1-24-6-5-11-8-14-18(29-9-28-14)17-15(11)12(24)7-10-3-4-13(27-2)19(16(10)17)30-31(25,26)20(21,22)23/h3-4,8,12H,5-7,9H2,1-2H3/t12-/m0/s1. The van der Waals surface area contributed by atoms with Gasteiger partial charge < -0.3 is 18.4 Å². The molecule has 0 fully saturated rings. The predicted octanol–water partition coefficient (Wildman–Crippen LogP) is 3.40. The molecule has 2 aliphatic heterocycles. The third-order valence-corrected chi connectivity index (χ3v) is 6.91.